The number of hydrogen-bond donors (Lipinski definition) is 1. The van der Waals surface area contributed by atoms with Crippen molar-refractivity contribution in [2.75, 3.05) is 13.2 Å². The molecule has 1 unspecified atom stereocenters. The summed E-state index contributed by atoms with van der Waals surface area (Å²) in [6.07, 6.45) is 1.24. The highest BCUT2D eigenvalue weighted by atomic mass is 35.5. The highest BCUT2D eigenvalue weighted by Gasteiger charge is 2.13. The summed E-state index contributed by atoms with van der Waals surface area (Å²) >= 11 is 12.1. The Balaban J connectivity index is 2.56. The van der Waals surface area contributed by atoms with E-state index in [0.29, 0.717) is 29.6 Å². The summed E-state index contributed by atoms with van der Waals surface area (Å²) in [7, 11) is 0. The summed E-state index contributed by atoms with van der Waals surface area (Å²) in [5, 5.41) is 4.57. The van der Waals surface area contributed by atoms with Crippen LogP contribution in [-0.4, -0.2) is 19.1 Å². The number of hydrogen-bond acceptors (Lipinski definition) is 3. The first kappa shape index (κ1) is 16.3. The van der Waals surface area contributed by atoms with E-state index in [2.05, 4.69) is 12.2 Å². The van der Waals surface area contributed by atoms with Crippen LogP contribution in [0, 0.1) is 0 Å². The maximum absolute atomic E-state index is 11.3. The normalized spacial score (nSPS) is 12.2. The smallest absolute Gasteiger partial charge is 0.307 e. The summed E-state index contributed by atoms with van der Waals surface area (Å²) in [6, 6.07) is 5.57. The summed E-state index contributed by atoms with van der Waals surface area (Å²) in [6.45, 7) is 4.84. The zero-order valence-corrected chi connectivity index (χ0v) is 12.7. The van der Waals surface area contributed by atoms with Crippen molar-refractivity contribution in [3.05, 3.63) is 33.8 Å². The van der Waals surface area contributed by atoms with Gasteiger partial charge in [0.15, 0.2) is 0 Å². The molecule has 3 nitrogen and oxygen atoms in total. The van der Waals surface area contributed by atoms with Gasteiger partial charge in [-0.3, -0.25) is 4.79 Å². The molecule has 0 spiro atoms. The molecule has 19 heavy (non-hydrogen) atoms. The van der Waals surface area contributed by atoms with E-state index in [-0.39, 0.29) is 12.0 Å². The van der Waals surface area contributed by atoms with Gasteiger partial charge in [-0.05, 0) is 31.0 Å². The fourth-order valence-corrected chi connectivity index (χ4v) is 2.38. The lowest BCUT2D eigenvalue weighted by molar-refractivity contribution is -0.143. The second kappa shape index (κ2) is 8.41. The van der Waals surface area contributed by atoms with Gasteiger partial charge in [0.05, 0.1) is 13.0 Å². The molecule has 106 valence electrons. The highest BCUT2D eigenvalue weighted by Crippen LogP contribution is 2.27. The Hall–Kier alpha value is -0.770. The number of carbonyl (C=O) groups excluding carboxylic acids is 1. The molecular weight excluding hydrogens is 285 g/mol. The number of halogens is 2. The van der Waals surface area contributed by atoms with Crippen molar-refractivity contribution in [1.82, 2.24) is 5.32 Å². The monoisotopic (exact) mass is 303 g/mol. The van der Waals surface area contributed by atoms with Crippen molar-refractivity contribution >= 4 is 29.2 Å². The van der Waals surface area contributed by atoms with Gasteiger partial charge in [0.1, 0.15) is 0 Å². The number of ether oxygens (including phenoxy) is 1. The van der Waals surface area contributed by atoms with Crippen molar-refractivity contribution in [3.63, 3.8) is 0 Å². The molecule has 0 aromatic heterocycles. The third kappa shape index (κ3) is 5.39. The Kier molecular flexibility index (Phi) is 7.21. The quantitative estimate of drug-likeness (QED) is 0.774. The number of rotatable bonds is 7. The molecule has 1 rings (SSSR count). The zero-order valence-electron chi connectivity index (χ0n) is 11.2. The molecule has 0 aliphatic heterocycles. The number of nitrogens with one attached hydrogen (secondary N) is 1. The van der Waals surface area contributed by atoms with Gasteiger partial charge in [-0.25, -0.2) is 0 Å². The maximum Gasteiger partial charge on any atom is 0.307 e. The molecule has 1 N–H and O–H groups in total. The molecule has 0 bridgehead atoms. The van der Waals surface area contributed by atoms with Crippen molar-refractivity contribution in [2.45, 2.75) is 32.7 Å². The van der Waals surface area contributed by atoms with Crippen molar-refractivity contribution in [1.29, 1.82) is 0 Å². The van der Waals surface area contributed by atoms with E-state index in [9.17, 15) is 4.79 Å². The lowest BCUT2D eigenvalue weighted by Gasteiger charge is -2.18. The van der Waals surface area contributed by atoms with E-state index < -0.39 is 0 Å². The van der Waals surface area contributed by atoms with Gasteiger partial charge in [-0.15, -0.1) is 0 Å². The summed E-state index contributed by atoms with van der Waals surface area (Å²) < 4.78 is 4.88. The van der Waals surface area contributed by atoms with Gasteiger partial charge < -0.3 is 10.1 Å². The molecule has 0 saturated heterocycles. The fraction of sp³-hybridized carbons (Fsp3) is 0.500. The first-order chi connectivity index (χ1) is 9.08. The molecule has 1 atom stereocenters. The zero-order chi connectivity index (χ0) is 14.3. The maximum atomic E-state index is 11.3. The standard InChI is InChI=1S/C14H19Cl2NO2/c1-3-13(17-8-7-14(18)19-4-2)11-6-5-10(15)9-12(11)16/h5-6,9,13,17H,3-4,7-8H2,1-2H3. The van der Waals surface area contributed by atoms with Crippen molar-refractivity contribution < 1.29 is 9.53 Å². The van der Waals surface area contributed by atoms with E-state index in [4.69, 9.17) is 27.9 Å². The molecule has 0 saturated carbocycles. The van der Waals surface area contributed by atoms with E-state index in [0.717, 1.165) is 12.0 Å². The van der Waals surface area contributed by atoms with Gasteiger partial charge in [0.25, 0.3) is 0 Å². The third-order valence-corrected chi connectivity index (χ3v) is 3.33. The lowest BCUT2D eigenvalue weighted by atomic mass is 10.0. The molecule has 0 aliphatic rings. The lowest BCUT2D eigenvalue weighted by Crippen LogP contribution is -2.24. The Labute approximate surface area is 124 Å². The van der Waals surface area contributed by atoms with Crippen LogP contribution >= 0.6 is 23.2 Å². The van der Waals surface area contributed by atoms with Gasteiger partial charge in [-0.1, -0.05) is 36.2 Å². The molecule has 1 aromatic carbocycles. The summed E-state index contributed by atoms with van der Waals surface area (Å²) in [4.78, 5) is 11.3. The van der Waals surface area contributed by atoms with Crippen LogP contribution < -0.4 is 5.32 Å². The second-order valence-corrected chi connectivity index (χ2v) is 4.98. The minimum absolute atomic E-state index is 0.110. The predicted molar refractivity (Wildman–Crippen MR) is 78.7 cm³/mol. The molecule has 0 heterocycles. The van der Waals surface area contributed by atoms with Crippen LogP contribution in [0.1, 0.15) is 38.3 Å². The molecule has 0 aliphatic carbocycles. The number of benzene rings is 1. The van der Waals surface area contributed by atoms with Crippen LogP contribution in [0.3, 0.4) is 0 Å². The van der Waals surface area contributed by atoms with E-state index in [1.54, 1.807) is 13.0 Å². The third-order valence-electron chi connectivity index (χ3n) is 2.77. The van der Waals surface area contributed by atoms with Gasteiger partial charge in [0.2, 0.25) is 0 Å². The van der Waals surface area contributed by atoms with Gasteiger partial charge in [-0.2, -0.15) is 0 Å². The first-order valence-corrected chi connectivity index (χ1v) is 7.18. The van der Waals surface area contributed by atoms with Crippen LogP contribution in [0.5, 0.6) is 0 Å². The molecule has 5 heteroatoms. The Morgan fingerprint density at radius 1 is 1.37 bits per heavy atom. The topological polar surface area (TPSA) is 38.3 Å². The molecular formula is C14H19Cl2NO2. The second-order valence-electron chi connectivity index (χ2n) is 4.14. The molecule has 1 aromatic rings. The molecule has 0 amide bonds. The summed E-state index contributed by atoms with van der Waals surface area (Å²) in [5.74, 6) is -0.188. The van der Waals surface area contributed by atoms with E-state index in [1.807, 2.05) is 12.1 Å². The van der Waals surface area contributed by atoms with Crippen molar-refractivity contribution in [2.24, 2.45) is 0 Å². The van der Waals surface area contributed by atoms with E-state index >= 15 is 0 Å². The van der Waals surface area contributed by atoms with Crippen LogP contribution in [0.25, 0.3) is 0 Å². The Morgan fingerprint density at radius 2 is 2.11 bits per heavy atom. The van der Waals surface area contributed by atoms with Crippen LogP contribution in [0.2, 0.25) is 10.0 Å². The minimum atomic E-state index is -0.188. The fourth-order valence-electron chi connectivity index (χ4n) is 1.84. The van der Waals surface area contributed by atoms with Gasteiger partial charge >= 0.3 is 5.97 Å². The van der Waals surface area contributed by atoms with Crippen LogP contribution in [0.4, 0.5) is 0 Å². The Bertz CT molecular complexity index is 424. The largest absolute Gasteiger partial charge is 0.466 e. The Morgan fingerprint density at radius 3 is 2.68 bits per heavy atom. The number of carbonyl (C=O) groups is 1. The average Bonchev–Trinajstić information content (AvgIpc) is 2.36. The van der Waals surface area contributed by atoms with Crippen LogP contribution in [0.15, 0.2) is 18.2 Å². The predicted octanol–water partition coefficient (Wildman–Crippen LogP) is 3.99. The average molecular weight is 304 g/mol. The van der Waals surface area contributed by atoms with Gasteiger partial charge in [0, 0.05) is 22.6 Å². The SMILES string of the molecule is CCOC(=O)CCNC(CC)c1ccc(Cl)cc1Cl. The summed E-state index contributed by atoms with van der Waals surface area (Å²) in [5.41, 5.74) is 0.998. The highest BCUT2D eigenvalue weighted by molar-refractivity contribution is 6.35. The molecule has 0 fully saturated rings. The molecule has 0 radical (unpaired) electrons. The minimum Gasteiger partial charge on any atom is -0.466 e. The van der Waals surface area contributed by atoms with Crippen LogP contribution in [-0.2, 0) is 9.53 Å². The first-order valence-electron chi connectivity index (χ1n) is 6.42. The van der Waals surface area contributed by atoms with Crippen molar-refractivity contribution in [3.8, 4) is 0 Å². The number of esters is 1. The van der Waals surface area contributed by atoms with E-state index in [1.165, 1.54) is 0 Å².